The average molecular weight is 623 g/mol. The molecule has 0 atom stereocenters. The van der Waals surface area contributed by atoms with Crippen LogP contribution < -0.4 is 0 Å². The predicted octanol–water partition coefficient (Wildman–Crippen LogP) is 2.51. The van der Waals surface area contributed by atoms with Crippen LogP contribution in [0.15, 0.2) is 29.4 Å². The van der Waals surface area contributed by atoms with Gasteiger partial charge in [0, 0.05) is 55.8 Å². The zero-order chi connectivity index (χ0) is 18.7. The Balaban J connectivity index is 0.00000338. The van der Waals surface area contributed by atoms with Crippen molar-refractivity contribution in [3.8, 4) is 5.69 Å². The number of hydrogen-bond acceptors (Lipinski definition) is 8. The summed E-state index contributed by atoms with van der Waals surface area (Å²) in [5.41, 5.74) is 2.67. The number of alkyl halides is 3. The predicted molar refractivity (Wildman–Crippen MR) is 80.2 cm³/mol. The van der Waals surface area contributed by atoms with Gasteiger partial charge in [-0.2, -0.15) is 17.9 Å². The minimum atomic E-state index is -5.40. The van der Waals surface area contributed by atoms with Gasteiger partial charge < -0.3 is 10.5 Å². The molecule has 1 N–H and O–H groups in total. The van der Waals surface area contributed by atoms with Crippen molar-refractivity contribution >= 4 is 32.6 Å². The van der Waals surface area contributed by atoms with Gasteiger partial charge in [-0.15, -0.1) is 10.8 Å². The molecule has 0 fully saturated rings. The van der Waals surface area contributed by atoms with Crippen molar-refractivity contribution in [3.63, 3.8) is 0 Å². The summed E-state index contributed by atoms with van der Waals surface area (Å²) < 4.78 is 63.7. The summed E-state index contributed by atoms with van der Waals surface area (Å²) in [5, 5.41) is 9.42. The van der Waals surface area contributed by atoms with Crippen LogP contribution in [-0.4, -0.2) is 51.8 Å². The van der Waals surface area contributed by atoms with E-state index in [2.05, 4.69) is 20.3 Å². The van der Waals surface area contributed by atoms with E-state index in [0.29, 0.717) is 17.4 Å². The number of benzene rings is 1. The SMILES string of the molecule is [Ac].[NH-]c1cccc(-n2nnnc2SC(=O)OCCS(=O)(=O)C(F)(F)F)c1. The van der Waals surface area contributed by atoms with Crippen LogP contribution in [0.5, 0.6) is 0 Å². The fraction of sp³-hybridized carbons (Fsp3) is 0.273. The number of carbonyl (C=O) groups excluding carboxylic acids is 1. The van der Waals surface area contributed by atoms with E-state index in [9.17, 15) is 26.4 Å². The van der Waals surface area contributed by atoms with E-state index in [1.807, 2.05) is 0 Å². The molecule has 139 valence electrons. The molecule has 0 saturated carbocycles. The van der Waals surface area contributed by atoms with Crippen molar-refractivity contribution in [1.29, 1.82) is 0 Å². The van der Waals surface area contributed by atoms with Gasteiger partial charge in [0.2, 0.25) is 5.16 Å². The largest absolute Gasteiger partial charge is 0.699 e. The number of ether oxygens (including phenoxy) is 1. The average Bonchev–Trinajstić information content (AvgIpc) is 2.94. The van der Waals surface area contributed by atoms with Gasteiger partial charge in [0.1, 0.15) is 6.61 Å². The van der Waals surface area contributed by atoms with Crippen molar-refractivity contribution in [3.05, 3.63) is 30.0 Å². The second-order valence-corrected chi connectivity index (χ2v) is 7.39. The number of carbonyl (C=O) groups is 1. The Hall–Kier alpha value is -0.908. The number of thioether (sulfide) groups is 1. The molecule has 26 heavy (non-hydrogen) atoms. The zero-order valence-electron chi connectivity index (χ0n) is 12.7. The third kappa shape index (κ3) is 6.07. The maximum absolute atomic E-state index is 12.2. The standard InChI is InChI=1S/C11H9F3N5O4S2.Ac/c12-11(13,14)25(21,22)5-4-23-10(20)24-9-16-17-18-19(9)8-3-1-2-7(15)6-8;/h1-3,6,15H,4-5H2;/q-1;. The second kappa shape index (κ2) is 9.34. The fourth-order valence-corrected chi connectivity index (χ4v) is 2.63. The number of tetrazole rings is 1. The molecule has 0 spiro atoms. The normalized spacial score (nSPS) is 11.7. The van der Waals surface area contributed by atoms with Gasteiger partial charge in [-0.3, -0.25) is 0 Å². The van der Waals surface area contributed by atoms with Crippen molar-refractivity contribution in [1.82, 2.24) is 20.2 Å². The van der Waals surface area contributed by atoms with E-state index in [1.54, 1.807) is 12.1 Å². The maximum Gasteiger partial charge on any atom is 0.497 e. The van der Waals surface area contributed by atoms with Crippen molar-refractivity contribution < 1.29 is 75.2 Å². The third-order valence-electron chi connectivity index (χ3n) is 2.63. The molecule has 9 nitrogen and oxygen atoms in total. The van der Waals surface area contributed by atoms with Crippen molar-refractivity contribution in [2.45, 2.75) is 10.7 Å². The first-order chi connectivity index (χ1) is 11.6. The van der Waals surface area contributed by atoms with E-state index in [1.165, 1.54) is 12.1 Å². The summed E-state index contributed by atoms with van der Waals surface area (Å²) in [4.78, 5) is 11.6. The summed E-state index contributed by atoms with van der Waals surface area (Å²) in [6.45, 7) is -0.961. The molecule has 2 rings (SSSR count). The smallest absolute Gasteiger partial charge is 0.497 e. The molecular formula is C11H9AcF3N5O4S2-. The van der Waals surface area contributed by atoms with Gasteiger partial charge >= 0.3 is 10.8 Å². The Morgan fingerprint density at radius 2 is 2.04 bits per heavy atom. The van der Waals surface area contributed by atoms with Gasteiger partial charge in [-0.25, -0.2) is 13.2 Å². The van der Waals surface area contributed by atoms with Gasteiger partial charge in [0.15, 0.2) is 0 Å². The fourth-order valence-electron chi connectivity index (χ4n) is 1.50. The summed E-state index contributed by atoms with van der Waals surface area (Å²) in [7, 11) is -5.36. The zero-order valence-corrected chi connectivity index (χ0v) is 19.1. The van der Waals surface area contributed by atoms with Crippen molar-refractivity contribution in [2.75, 3.05) is 12.4 Å². The Labute approximate surface area is 185 Å². The van der Waals surface area contributed by atoms with Crippen LogP contribution in [0, 0.1) is 44.1 Å². The molecule has 0 aliphatic carbocycles. The Kier molecular flexibility index (Phi) is 8.31. The Morgan fingerprint density at radius 3 is 2.65 bits per heavy atom. The van der Waals surface area contributed by atoms with Crippen LogP contribution in [0.3, 0.4) is 0 Å². The molecule has 1 aromatic carbocycles. The minimum Gasteiger partial charge on any atom is -0.699 e. The molecule has 15 heteroatoms. The second-order valence-electron chi connectivity index (χ2n) is 4.39. The maximum atomic E-state index is 12.2. The number of hydrogen-bond donors (Lipinski definition) is 0. The van der Waals surface area contributed by atoms with E-state index >= 15 is 0 Å². The molecular weight excluding hydrogens is 614 g/mol. The monoisotopic (exact) mass is 623 g/mol. The molecule has 0 amide bonds. The van der Waals surface area contributed by atoms with Crippen LogP contribution in [-0.2, 0) is 14.6 Å². The first kappa shape index (κ1) is 23.1. The van der Waals surface area contributed by atoms with Crippen LogP contribution in [0.25, 0.3) is 11.4 Å². The van der Waals surface area contributed by atoms with E-state index in [4.69, 9.17) is 5.73 Å². The summed E-state index contributed by atoms with van der Waals surface area (Å²) >= 11 is 0.364. The minimum absolute atomic E-state index is 0. The first-order valence-corrected chi connectivity index (χ1v) is 8.81. The van der Waals surface area contributed by atoms with Gasteiger partial charge in [-0.05, 0) is 16.5 Å². The molecule has 0 aliphatic rings. The Bertz CT molecular complexity index is 875. The number of aromatic nitrogens is 4. The molecule has 1 aromatic heterocycles. The molecule has 0 aliphatic heterocycles. The van der Waals surface area contributed by atoms with E-state index in [-0.39, 0.29) is 54.9 Å². The van der Waals surface area contributed by atoms with Gasteiger partial charge in [-0.1, -0.05) is 18.2 Å². The molecule has 1 heterocycles. The van der Waals surface area contributed by atoms with Crippen LogP contribution >= 0.6 is 11.8 Å². The molecule has 2 aromatic rings. The third-order valence-corrected chi connectivity index (χ3v) is 4.76. The number of nitrogens with zero attached hydrogens (tertiary/aromatic N) is 4. The number of nitrogens with one attached hydrogen (secondary N) is 1. The number of sulfone groups is 1. The van der Waals surface area contributed by atoms with E-state index in [0.717, 1.165) is 4.68 Å². The van der Waals surface area contributed by atoms with Crippen LogP contribution in [0.2, 0.25) is 0 Å². The molecule has 0 bridgehead atoms. The van der Waals surface area contributed by atoms with Crippen molar-refractivity contribution in [2.24, 2.45) is 0 Å². The van der Waals surface area contributed by atoms with Gasteiger partial charge in [0.05, 0.1) is 11.4 Å². The van der Waals surface area contributed by atoms with Gasteiger partial charge in [0.25, 0.3) is 9.84 Å². The molecule has 0 unspecified atom stereocenters. The number of halogens is 3. The quantitative estimate of drug-likeness (QED) is 0.368. The number of rotatable bonds is 5. The van der Waals surface area contributed by atoms with Crippen LogP contribution in [0.1, 0.15) is 0 Å². The Morgan fingerprint density at radius 1 is 1.35 bits per heavy atom. The summed E-state index contributed by atoms with van der Waals surface area (Å²) in [6, 6.07) is 6.06. The molecule has 1 radical (unpaired) electrons. The van der Waals surface area contributed by atoms with Crippen LogP contribution in [0.4, 0.5) is 23.7 Å². The first-order valence-electron chi connectivity index (χ1n) is 6.34. The summed E-state index contributed by atoms with van der Waals surface area (Å²) in [6.07, 6.45) is 0. The van der Waals surface area contributed by atoms with E-state index < -0.39 is 33.0 Å². The summed E-state index contributed by atoms with van der Waals surface area (Å²) in [5.74, 6) is -1.38. The topological polar surface area (TPSA) is 128 Å². The molecule has 0 saturated heterocycles.